The van der Waals surface area contributed by atoms with E-state index >= 15 is 0 Å². The van der Waals surface area contributed by atoms with E-state index in [9.17, 15) is 19.8 Å². The standard InChI is InChI=1S/C42H68N2O4/c1-14-15-16-21-34(43)44(35(45)22-17-19-28-24-30(39(2,3)4)37(47)31(25-28)40(5,6)7)36(46)23-18-20-29-26-32(41(8,9)10)38(48)33(27-29)42(11,12)13/h24-27,34,47-48H,14-23,43H2,1-13H3. The molecule has 2 rings (SSSR count). The lowest BCUT2D eigenvalue weighted by Crippen LogP contribution is -2.49. The van der Waals surface area contributed by atoms with Crippen molar-refractivity contribution in [2.75, 3.05) is 0 Å². The van der Waals surface area contributed by atoms with Crippen molar-refractivity contribution in [3.05, 3.63) is 57.6 Å². The Balaban J connectivity index is 2.24. The number of nitrogens with zero attached hydrogens (tertiary/aromatic N) is 1. The van der Waals surface area contributed by atoms with E-state index in [-0.39, 0.29) is 46.3 Å². The number of hydrogen-bond donors (Lipinski definition) is 3. The first kappa shape index (κ1) is 41.3. The number of aromatic hydroxyl groups is 2. The van der Waals surface area contributed by atoms with Crippen molar-refractivity contribution < 1.29 is 19.8 Å². The second-order valence-electron chi connectivity index (χ2n) is 18.0. The van der Waals surface area contributed by atoms with Gasteiger partial charge in [0.05, 0.1) is 6.17 Å². The number of nitrogens with two attached hydrogens (primary N) is 1. The molecule has 6 nitrogen and oxygen atoms in total. The predicted octanol–water partition coefficient (Wildman–Crippen LogP) is 9.85. The zero-order valence-electron chi connectivity index (χ0n) is 32.7. The van der Waals surface area contributed by atoms with Gasteiger partial charge in [-0.15, -0.1) is 0 Å². The van der Waals surface area contributed by atoms with Crippen molar-refractivity contribution in [1.29, 1.82) is 0 Å². The van der Waals surface area contributed by atoms with Gasteiger partial charge in [-0.1, -0.05) is 134 Å². The lowest BCUT2D eigenvalue weighted by atomic mass is 9.78. The van der Waals surface area contributed by atoms with Crippen LogP contribution in [0.2, 0.25) is 0 Å². The molecule has 0 aliphatic carbocycles. The Labute approximate surface area is 292 Å². The molecule has 48 heavy (non-hydrogen) atoms. The first-order valence-corrected chi connectivity index (χ1v) is 18.2. The highest BCUT2D eigenvalue weighted by Crippen LogP contribution is 2.41. The van der Waals surface area contributed by atoms with E-state index in [2.05, 4.69) is 114 Å². The monoisotopic (exact) mass is 665 g/mol. The molecule has 0 fully saturated rings. The molecule has 0 spiro atoms. The smallest absolute Gasteiger partial charge is 0.230 e. The Bertz CT molecular complexity index is 1230. The summed E-state index contributed by atoms with van der Waals surface area (Å²) >= 11 is 0. The maximum Gasteiger partial charge on any atom is 0.230 e. The molecule has 0 radical (unpaired) electrons. The van der Waals surface area contributed by atoms with Crippen molar-refractivity contribution in [2.45, 2.75) is 182 Å². The van der Waals surface area contributed by atoms with Crippen LogP contribution < -0.4 is 5.73 Å². The van der Waals surface area contributed by atoms with E-state index in [1.807, 2.05) is 0 Å². The van der Waals surface area contributed by atoms with Crippen LogP contribution in [-0.4, -0.2) is 33.1 Å². The van der Waals surface area contributed by atoms with Gasteiger partial charge in [-0.05, 0) is 87.1 Å². The van der Waals surface area contributed by atoms with E-state index < -0.39 is 6.17 Å². The number of benzene rings is 2. The summed E-state index contributed by atoms with van der Waals surface area (Å²) in [4.78, 5) is 28.7. The molecule has 0 aromatic heterocycles. The molecule has 2 aromatic rings. The third kappa shape index (κ3) is 11.4. The number of imide groups is 1. The number of phenolic OH excluding ortho intramolecular Hbond substituents is 2. The average molecular weight is 665 g/mol. The van der Waals surface area contributed by atoms with Crippen LogP contribution in [0.4, 0.5) is 0 Å². The molecule has 1 atom stereocenters. The quantitative estimate of drug-likeness (QED) is 0.146. The molecular formula is C42H68N2O4. The summed E-state index contributed by atoms with van der Waals surface area (Å²) in [6.07, 6.45) is 5.81. The van der Waals surface area contributed by atoms with Crippen LogP contribution in [-0.2, 0) is 44.1 Å². The van der Waals surface area contributed by atoms with Gasteiger partial charge in [0.1, 0.15) is 11.5 Å². The molecule has 0 aliphatic rings. The van der Waals surface area contributed by atoms with Crippen LogP contribution in [0.25, 0.3) is 0 Å². The topological polar surface area (TPSA) is 104 Å². The zero-order chi connectivity index (χ0) is 36.8. The van der Waals surface area contributed by atoms with Crippen LogP contribution >= 0.6 is 0 Å². The van der Waals surface area contributed by atoms with Crippen LogP contribution in [0.5, 0.6) is 11.5 Å². The molecule has 2 amide bonds. The summed E-state index contributed by atoms with van der Waals surface area (Å²) < 4.78 is 0. The highest BCUT2D eigenvalue weighted by molar-refractivity contribution is 5.95. The molecule has 6 heteroatoms. The van der Waals surface area contributed by atoms with Crippen LogP contribution in [0, 0.1) is 0 Å². The highest BCUT2D eigenvalue weighted by atomic mass is 16.3. The van der Waals surface area contributed by atoms with Gasteiger partial charge in [0.15, 0.2) is 0 Å². The highest BCUT2D eigenvalue weighted by Gasteiger charge is 2.30. The molecule has 0 aliphatic heterocycles. The second kappa shape index (κ2) is 16.2. The molecule has 0 saturated carbocycles. The fraction of sp³-hybridized carbons (Fsp3) is 0.667. The van der Waals surface area contributed by atoms with Crippen molar-refractivity contribution >= 4 is 11.8 Å². The maximum atomic E-state index is 13.7. The number of phenols is 2. The predicted molar refractivity (Wildman–Crippen MR) is 201 cm³/mol. The summed E-state index contributed by atoms with van der Waals surface area (Å²) in [5.74, 6) is 0.261. The first-order valence-electron chi connectivity index (χ1n) is 18.2. The Morgan fingerprint density at radius 2 is 0.917 bits per heavy atom. The number of amides is 2. The van der Waals surface area contributed by atoms with Gasteiger partial charge >= 0.3 is 0 Å². The number of rotatable bonds is 13. The van der Waals surface area contributed by atoms with Gasteiger partial charge in [0.25, 0.3) is 0 Å². The number of aryl methyl sites for hydroxylation is 2. The van der Waals surface area contributed by atoms with Crippen molar-refractivity contribution in [1.82, 2.24) is 4.90 Å². The van der Waals surface area contributed by atoms with Crippen molar-refractivity contribution in [3.63, 3.8) is 0 Å². The molecule has 4 N–H and O–H groups in total. The Kier molecular flexibility index (Phi) is 14.0. The third-order valence-corrected chi connectivity index (χ3v) is 9.26. The summed E-state index contributed by atoms with van der Waals surface area (Å²) in [5.41, 5.74) is 11.4. The van der Waals surface area contributed by atoms with Crippen LogP contribution in [0.15, 0.2) is 24.3 Å². The summed E-state index contributed by atoms with van der Waals surface area (Å²) in [6, 6.07) is 8.25. The second-order valence-corrected chi connectivity index (χ2v) is 18.0. The first-order chi connectivity index (χ1) is 21.9. The third-order valence-electron chi connectivity index (χ3n) is 9.26. The molecule has 270 valence electrons. The Morgan fingerprint density at radius 1 is 0.604 bits per heavy atom. The molecule has 0 heterocycles. The Hall–Kier alpha value is -2.86. The van der Waals surface area contributed by atoms with Gasteiger partial charge in [0.2, 0.25) is 11.8 Å². The number of hydrogen-bond acceptors (Lipinski definition) is 5. The van der Waals surface area contributed by atoms with Crippen LogP contribution in [0.1, 0.15) is 175 Å². The fourth-order valence-electron chi connectivity index (χ4n) is 6.33. The Morgan fingerprint density at radius 3 is 1.19 bits per heavy atom. The molecular weight excluding hydrogens is 596 g/mol. The minimum Gasteiger partial charge on any atom is -0.507 e. The normalized spacial score (nSPS) is 13.5. The van der Waals surface area contributed by atoms with E-state index in [0.29, 0.717) is 43.6 Å². The lowest BCUT2D eigenvalue weighted by Gasteiger charge is -2.29. The van der Waals surface area contributed by atoms with E-state index in [0.717, 1.165) is 52.6 Å². The minimum atomic E-state index is -0.640. The van der Waals surface area contributed by atoms with E-state index in [1.54, 1.807) is 0 Å². The fourth-order valence-corrected chi connectivity index (χ4v) is 6.33. The lowest BCUT2D eigenvalue weighted by molar-refractivity contribution is -0.148. The summed E-state index contributed by atoms with van der Waals surface area (Å²) in [6.45, 7) is 27.3. The van der Waals surface area contributed by atoms with Gasteiger partial charge in [0, 0.05) is 12.8 Å². The zero-order valence-corrected chi connectivity index (χ0v) is 32.7. The maximum absolute atomic E-state index is 13.7. The van der Waals surface area contributed by atoms with Crippen molar-refractivity contribution in [3.8, 4) is 11.5 Å². The van der Waals surface area contributed by atoms with Gasteiger partial charge in [-0.3, -0.25) is 14.5 Å². The number of carbonyl (C=O) groups is 2. The average Bonchev–Trinajstić information content (AvgIpc) is 2.92. The molecule has 2 aromatic carbocycles. The molecule has 1 unspecified atom stereocenters. The van der Waals surface area contributed by atoms with Crippen molar-refractivity contribution in [2.24, 2.45) is 5.73 Å². The van der Waals surface area contributed by atoms with Gasteiger partial charge in [-0.25, -0.2) is 0 Å². The molecule has 0 bridgehead atoms. The van der Waals surface area contributed by atoms with Gasteiger partial charge < -0.3 is 15.9 Å². The minimum absolute atomic E-state index is 0.218. The number of unbranched alkanes of at least 4 members (excludes halogenated alkanes) is 2. The summed E-state index contributed by atoms with van der Waals surface area (Å²) in [5, 5.41) is 22.2. The number of carbonyl (C=O) groups excluding carboxylic acids is 2. The molecule has 0 saturated heterocycles. The van der Waals surface area contributed by atoms with E-state index in [4.69, 9.17) is 5.73 Å². The van der Waals surface area contributed by atoms with E-state index in [1.165, 1.54) is 4.90 Å². The largest absolute Gasteiger partial charge is 0.507 e. The summed E-state index contributed by atoms with van der Waals surface area (Å²) in [7, 11) is 0. The van der Waals surface area contributed by atoms with Gasteiger partial charge in [-0.2, -0.15) is 0 Å². The SMILES string of the molecule is CCCCCC(N)N(C(=O)CCCc1cc(C(C)(C)C)c(O)c(C(C)(C)C)c1)C(=O)CCCc1cc(C(C)(C)C)c(O)c(C(C)(C)C)c1. The van der Waals surface area contributed by atoms with Crippen LogP contribution in [0.3, 0.4) is 0 Å².